The minimum Gasteiger partial charge on any atom is -0.449 e. The summed E-state index contributed by atoms with van der Waals surface area (Å²) < 4.78 is 7.52. The standard InChI is InChI=1S/C19H13N5O2S/c25-18-17-16(13-8-4-5-9-14(13)26-17)21-15(22-18)10-27-19-23-20-11-24(19)12-6-2-1-3-7-12/h1-9,11H,10H2,(H,21,22,25). The SMILES string of the molecule is O=c1[nH]c(CSc2nncn2-c2ccccc2)nc2c1oc1ccccc12. The van der Waals surface area contributed by atoms with E-state index < -0.39 is 0 Å². The van der Waals surface area contributed by atoms with E-state index in [0.717, 1.165) is 16.2 Å². The monoisotopic (exact) mass is 375 g/mol. The van der Waals surface area contributed by atoms with Gasteiger partial charge in [0.15, 0.2) is 5.16 Å². The van der Waals surface area contributed by atoms with E-state index >= 15 is 0 Å². The summed E-state index contributed by atoms with van der Waals surface area (Å²) in [4.78, 5) is 19.8. The Labute approximate surface area is 157 Å². The van der Waals surface area contributed by atoms with Crippen molar-refractivity contribution in [1.82, 2.24) is 24.7 Å². The Bertz CT molecular complexity index is 1310. The van der Waals surface area contributed by atoms with Crippen LogP contribution in [0.15, 0.2) is 75.3 Å². The van der Waals surface area contributed by atoms with E-state index in [1.54, 1.807) is 6.33 Å². The number of hydrogen-bond acceptors (Lipinski definition) is 6. The van der Waals surface area contributed by atoms with Crippen molar-refractivity contribution in [2.75, 3.05) is 0 Å². The van der Waals surface area contributed by atoms with E-state index in [1.165, 1.54) is 11.8 Å². The summed E-state index contributed by atoms with van der Waals surface area (Å²) >= 11 is 1.45. The summed E-state index contributed by atoms with van der Waals surface area (Å²) in [5.41, 5.74) is 2.17. The van der Waals surface area contributed by atoms with Gasteiger partial charge < -0.3 is 9.40 Å². The van der Waals surface area contributed by atoms with Crippen molar-refractivity contribution in [1.29, 1.82) is 0 Å². The highest BCUT2D eigenvalue weighted by Crippen LogP contribution is 2.26. The zero-order chi connectivity index (χ0) is 18.2. The molecule has 0 amide bonds. The largest absolute Gasteiger partial charge is 0.449 e. The third-order valence-corrected chi connectivity index (χ3v) is 5.12. The number of nitrogens with one attached hydrogen (secondary N) is 1. The highest BCUT2D eigenvalue weighted by Gasteiger charge is 2.14. The average Bonchev–Trinajstić information content (AvgIpc) is 3.32. The molecule has 5 aromatic rings. The number of aromatic nitrogens is 5. The van der Waals surface area contributed by atoms with Crippen LogP contribution in [0.4, 0.5) is 0 Å². The molecule has 0 bridgehead atoms. The van der Waals surface area contributed by atoms with Crippen LogP contribution in [-0.4, -0.2) is 24.7 Å². The molecule has 27 heavy (non-hydrogen) atoms. The van der Waals surface area contributed by atoms with E-state index in [1.807, 2.05) is 59.2 Å². The first-order valence-electron chi connectivity index (χ1n) is 8.28. The van der Waals surface area contributed by atoms with Gasteiger partial charge in [-0.15, -0.1) is 10.2 Å². The van der Waals surface area contributed by atoms with Crippen LogP contribution in [0, 0.1) is 0 Å². The van der Waals surface area contributed by atoms with Crippen molar-refractivity contribution in [3.8, 4) is 5.69 Å². The molecule has 5 rings (SSSR count). The second-order valence-corrected chi connectivity index (χ2v) is 6.84. The van der Waals surface area contributed by atoms with Crippen LogP contribution >= 0.6 is 11.8 Å². The van der Waals surface area contributed by atoms with Crippen LogP contribution < -0.4 is 5.56 Å². The number of fused-ring (bicyclic) bond motifs is 3. The van der Waals surface area contributed by atoms with Crippen molar-refractivity contribution >= 4 is 33.8 Å². The molecule has 1 N–H and O–H groups in total. The number of H-pyrrole nitrogens is 1. The van der Waals surface area contributed by atoms with Crippen molar-refractivity contribution in [2.24, 2.45) is 0 Å². The van der Waals surface area contributed by atoms with Gasteiger partial charge in [-0.1, -0.05) is 42.1 Å². The van der Waals surface area contributed by atoms with Gasteiger partial charge in [0.2, 0.25) is 5.58 Å². The molecular formula is C19H13N5O2S. The number of aromatic amines is 1. The van der Waals surface area contributed by atoms with Gasteiger partial charge in [-0.2, -0.15) is 0 Å². The lowest BCUT2D eigenvalue weighted by atomic mass is 10.2. The van der Waals surface area contributed by atoms with Crippen molar-refractivity contribution in [3.05, 3.63) is 77.1 Å². The zero-order valence-electron chi connectivity index (χ0n) is 14.0. The van der Waals surface area contributed by atoms with E-state index in [0.29, 0.717) is 22.7 Å². The number of rotatable bonds is 4. The zero-order valence-corrected chi connectivity index (χ0v) is 14.8. The predicted octanol–water partition coefficient (Wildman–Crippen LogP) is 3.54. The highest BCUT2D eigenvalue weighted by molar-refractivity contribution is 7.98. The molecule has 0 aliphatic rings. The van der Waals surface area contributed by atoms with Crippen molar-refractivity contribution < 1.29 is 4.42 Å². The summed E-state index contributed by atoms with van der Waals surface area (Å²) in [6.45, 7) is 0. The molecule has 3 aromatic heterocycles. The van der Waals surface area contributed by atoms with E-state index in [-0.39, 0.29) is 11.1 Å². The maximum absolute atomic E-state index is 12.4. The highest BCUT2D eigenvalue weighted by atomic mass is 32.2. The lowest BCUT2D eigenvalue weighted by Crippen LogP contribution is -2.10. The molecule has 0 aliphatic heterocycles. The lowest BCUT2D eigenvalue weighted by Gasteiger charge is -2.05. The molecule has 0 aliphatic carbocycles. The molecule has 0 fully saturated rings. The number of para-hydroxylation sites is 2. The molecule has 0 atom stereocenters. The molecular weight excluding hydrogens is 362 g/mol. The molecule has 0 radical (unpaired) electrons. The Morgan fingerprint density at radius 1 is 1.07 bits per heavy atom. The molecule has 8 heteroatoms. The van der Waals surface area contributed by atoms with E-state index in [9.17, 15) is 4.79 Å². The van der Waals surface area contributed by atoms with Gasteiger partial charge >= 0.3 is 0 Å². The minimum atomic E-state index is -0.281. The van der Waals surface area contributed by atoms with Gasteiger partial charge in [0.05, 0.1) is 5.75 Å². The van der Waals surface area contributed by atoms with Crippen LogP contribution in [0.25, 0.3) is 27.8 Å². The van der Waals surface area contributed by atoms with E-state index in [4.69, 9.17) is 4.42 Å². The second kappa shape index (κ2) is 6.40. The van der Waals surface area contributed by atoms with Crippen molar-refractivity contribution in [3.63, 3.8) is 0 Å². The first kappa shape index (κ1) is 15.8. The van der Waals surface area contributed by atoms with Gasteiger partial charge in [0.25, 0.3) is 5.56 Å². The summed E-state index contributed by atoms with van der Waals surface area (Å²) in [7, 11) is 0. The number of benzene rings is 2. The molecule has 7 nitrogen and oxygen atoms in total. The predicted molar refractivity (Wildman–Crippen MR) is 103 cm³/mol. The van der Waals surface area contributed by atoms with Crippen LogP contribution in [0.2, 0.25) is 0 Å². The number of hydrogen-bond donors (Lipinski definition) is 1. The van der Waals surface area contributed by atoms with Gasteiger partial charge in [-0.3, -0.25) is 9.36 Å². The van der Waals surface area contributed by atoms with Crippen LogP contribution in [0.1, 0.15) is 5.82 Å². The molecule has 132 valence electrons. The lowest BCUT2D eigenvalue weighted by molar-refractivity contribution is 0.660. The molecule has 0 saturated carbocycles. The quantitative estimate of drug-likeness (QED) is 0.483. The number of furan rings is 1. The summed E-state index contributed by atoms with van der Waals surface area (Å²) in [5.74, 6) is 1.02. The Morgan fingerprint density at radius 2 is 1.89 bits per heavy atom. The number of thioether (sulfide) groups is 1. The fourth-order valence-corrected chi connectivity index (χ4v) is 3.74. The topological polar surface area (TPSA) is 89.6 Å². The Balaban J connectivity index is 1.49. The summed E-state index contributed by atoms with van der Waals surface area (Å²) in [6, 6.07) is 17.3. The second-order valence-electron chi connectivity index (χ2n) is 5.90. The third kappa shape index (κ3) is 2.80. The normalized spacial score (nSPS) is 11.4. The molecule has 0 unspecified atom stereocenters. The third-order valence-electron chi connectivity index (χ3n) is 4.17. The van der Waals surface area contributed by atoms with Gasteiger partial charge in [0, 0.05) is 11.1 Å². The first-order valence-corrected chi connectivity index (χ1v) is 9.27. The molecule has 0 saturated heterocycles. The van der Waals surface area contributed by atoms with Gasteiger partial charge in [0.1, 0.15) is 23.3 Å². The molecule has 2 aromatic carbocycles. The summed E-state index contributed by atoms with van der Waals surface area (Å²) in [6.07, 6.45) is 1.67. The maximum Gasteiger partial charge on any atom is 0.294 e. The van der Waals surface area contributed by atoms with Crippen molar-refractivity contribution in [2.45, 2.75) is 10.9 Å². The molecule has 0 spiro atoms. The van der Waals surface area contributed by atoms with E-state index in [2.05, 4.69) is 20.2 Å². The maximum atomic E-state index is 12.4. The summed E-state index contributed by atoms with van der Waals surface area (Å²) in [5, 5.41) is 9.72. The first-order chi connectivity index (χ1) is 13.3. The fourth-order valence-electron chi connectivity index (χ4n) is 2.94. The van der Waals surface area contributed by atoms with Gasteiger partial charge in [-0.05, 0) is 24.3 Å². The molecule has 3 heterocycles. The van der Waals surface area contributed by atoms with Crippen LogP contribution in [0.3, 0.4) is 0 Å². The van der Waals surface area contributed by atoms with Crippen LogP contribution in [-0.2, 0) is 5.75 Å². The Kier molecular flexibility index (Phi) is 3.75. The number of nitrogens with zero attached hydrogens (tertiary/aromatic N) is 4. The van der Waals surface area contributed by atoms with Crippen LogP contribution in [0.5, 0.6) is 0 Å². The smallest absolute Gasteiger partial charge is 0.294 e. The average molecular weight is 375 g/mol. The van der Waals surface area contributed by atoms with Gasteiger partial charge in [-0.25, -0.2) is 4.98 Å². The Morgan fingerprint density at radius 3 is 2.78 bits per heavy atom. The Hall–Kier alpha value is -3.39. The fraction of sp³-hybridized carbons (Fsp3) is 0.0526. The minimum absolute atomic E-state index is 0.248.